The molecule has 2 aliphatic rings. The van der Waals surface area contributed by atoms with E-state index in [4.69, 9.17) is 3.07 Å². The van der Waals surface area contributed by atoms with E-state index in [9.17, 15) is 0 Å². The molecule has 0 atom stereocenters. The third kappa shape index (κ3) is 4.31. The molecule has 4 heteroatoms. The second-order valence-corrected chi connectivity index (χ2v) is 7.71. The average molecular weight is 394 g/mol. The van der Waals surface area contributed by atoms with Crippen molar-refractivity contribution in [1.82, 2.24) is 9.80 Å². The molecule has 1 saturated carbocycles. The molecular formula is C16H31IN2O. The van der Waals surface area contributed by atoms with Crippen molar-refractivity contribution >= 4 is 23.0 Å². The van der Waals surface area contributed by atoms with Crippen LogP contribution >= 0.6 is 23.0 Å². The maximum Gasteiger partial charge on any atom is 0.110 e. The minimum Gasteiger partial charge on any atom is -0.312 e. The Kier molecular flexibility index (Phi) is 6.57. The van der Waals surface area contributed by atoms with Gasteiger partial charge in [0.1, 0.15) is 23.0 Å². The van der Waals surface area contributed by atoms with Gasteiger partial charge in [0.15, 0.2) is 0 Å². The summed E-state index contributed by atoms with van der Waals surface area (Å²) < 4.78 is 5.41. The Morgan fingerprint density at radius 3 is 2.20 bits per heavy atom. The van der Waals surface area contributed by atoms with E-state index in [0.29, 0.717) is 18.2 Å². The Morgan fingerprint density at radius 2 is 1.75 bits per heavy atom. The minimum absolute atomic E-state index is 0.504. The molecule has 0 amide bonds. The first-order valence-electron chi connectivity index (χ1n) is 8.28. The molecule has 0 spiro atoms. The molecule has 0 aromatic rings. The number of hydrogen-bond acceptors (Lipinski definition) is 3. The second-order valence-electron chi connectivity index (χ2n) is 7.20. The molecule has 3 nitrogen and oxygen atoms in total. The van der Waals surface area contributed by atoms with E-state index in [1.54, 1.807) is 0 Å². The third-order valence-electron chi connectivity index (χ3n) is 5.18. The van der Waals surface area contributed by atoms with Crippen LogP contribution in [0.5, 0.6) is 0 Å². The summed E-state index contributed by atoms with van der Waals surface area (Å²) in [6.07, 6.45) is 5.71. The van der Waals surface area contributed by atoms with Crippen LogP contribution in [0.2, 0.25) is 0 Å². The van der Waals surface area contributed by atoms with Crippen molar-refractivity contribution in [2.75, 3.05) is 19.6 Å². The zero-order valence-electron chi connectivity index (χ0n) is 13.5. The molecule has 0 aromatic carbocycles. The maximum atomic E-state index is 5.41. The van der Waals surface area contributed by atoms with Crippen molar-refractivity contribution in [3.05, 3.63) is 0 Å². The van der Waals surface area contributed by atoms with Crippen LogP contribution in [0, 0.1) is 5.92 Å². The van der Waals surface area contributed by atoms with Gasteiger partial charge in [0.05, 0.1) is 6.10 Å². The van der Waals surface area contributed by atoms with E-state index in [2.05, 4.69) is 60.5 Å². The number of piperidine rings is 1. The fraction of sp³-hybridized carbons (Fsp3) is 1.00. The smallest absolute Gasteiger partial charge is 0.110 e. The number of rotatable bonds is 6. The van der Waals surface area contributed by atoms with E-state index in [1.807, 2.05) is 0 Å². The minimum atomic E-state index is 0.504. The number of likely N-dealkylation sites (tertiary alicyclic amines) is 1. The van der Waals surface area contributed by atoms with Gasteiger partial charge >= 0.3 is 0 Å². The zero-order valence-corrected chi connectivity index (χ0v) is 15.7. The fourth-order valence-corrected chi connectivity index (χ4v) is 4.03. The molecule has 20 heavy (non-hydrogen) atoms. The lowest BCUT2D eigenvalue weighted by Crippen LogP contribution is -2.52. The van der Waals surface area contributed by atoms with Gasteiger partial charge in [-0.25, -0.2) is 0 Å². The highest BCUT2D eigenvalue weighted by atomic mass is 127. The summed E-state index contributed by atoms with van der Waals surface area (Å²) in [5, 5.41) is 0. The van der Waals surface area contributed by atoms with Crippen molar-refractivity contribution in [1.29, 1.82) is 0 Å². The molecule has 0 aromatic heterocycles. The van der Waals surface area contributed by atoms with E-state index in [0.717, 1.165) is 12.0 Å². The summed E-state index contributed by atoms with van der Waals surface area (Å²) in [5.74, 6) is 0.895. The molecular weight excluding hydrogens is 363 g/mol. The van der Waals surface area contributed by atoms with Crippen molar-refractivity contribution in [3.8, 4) is 0 Å². The van der Waals surface area contributed by atoms with Gasteiger partial charge < -0.3 is 7.97 Å². The van der Waals surface area contributed by atoms with Crippen molar-refractivity contribution in [2.24, 2.45) is 5.92 Å². The first-order chi connectivity index (χ1) is 9.51. The van der Waals surface area contributed by atoms with Crippen LogP contribution in [-0.2, 0) is 3.07 Å². The highest BCUT2D eigenvalue weighted by Crippen LogP contribution is 2.32. The van der Waals surface area contributed by atoms with Gasteiger partial charge in [-0.3, -0.25) is 4.90 Å². The van der Waals surface area contributed by atoms with Crippen LogP contribution in [0.3, 0.4) is 0 Å². The highest BCUT2D eigenvalue weighted by molar-refractivity contribution is 14.1. The summed E-state index contributed by atoms with van der Waals surface area (Å²) in [7, 11) is 0. The van der Waals surface area contributed by atoms with Crippen molar-refractivity contribution in [2.45, 2.75) is 77.6 Å². The van der Waals surface area contributed by atoms with Crippen LogP contribution < -0.4 is 0 Å². The van der Waals surface area contributed by atoms with Crippen LogP contribution in [0.15, 0.2) is 0 Å². The van der Waals surface area contributed by atoms with Crippen LogP contribution in [-0.4, -0.2) is 53.7 Å². The average Bonchev–Trinajstić information content (AvgIpc) is 2.36. The lowest BCUT2D eigenvalue weighted by molar-refractivity contribution is 0.00469. The molecule has 0 N–H and O–H groups in total. The summed E-state index contributed by atoms with van der Waals surface area (Å²) in [6.45, 7) is 13.2. The van der Waals surface area contributed by atoms with E-state index < -0.39 is 0 Å². The molecule has 1 heterocycles. The first kappa shape index (κ1) is 17.0. The zero-order chi connectivity index (χ0) is 14.7. The Labute approximate surface area is 139 Å². The normalized spacial score (nSPS) is 29.4. The topological polar surface area (TPSA) is 15.7 Å². The third-order valence-corrected chi connectivity index (χ3v) is 5.90. The SMILES string of the molecule is CC(C)N1CCC(CN(C(C)C)C2CC(OI)C2)CC1. The molecule has 1 aliphatic carbocycles. The molecule has 0 radical (unpaired) electrons. The van der Waals surface area contributed by atoms with Gasteiger partial charge in [-0.05, 0) is 72.4 Å². The molecule has 0 unspecified atom stereocenters. The number of hydrogen-bond donors (Lipinski definition) is 0. The molecule has 118 valence electrons. The van der Waals surface area contributed by atoms with Gasteiger partial charge in [0.25, 0.3) is 0 Å². The van der Waals surface area contributed by atoms with E-state index in [-0.39, 0.29) is 0 Å². The number of nitrogens with zero attached hydrogens (tertiary/aromatic N) is 2. The molecule has 2 fully saturated rings. The Balaban J connectivity index is 1.78. The predicted octanol–water partition coefficient (Wildman–Crippen LogP) is 3.71. The van der Waals surface area contributed by atoms with Crippen LogP contribution in [0.4, 0.5) is 0 Å². The Bertz CT molecular complexity index is 284. The Hall–Kier alpha value is 0.610. The van der Waals surface area contributed by atoms with Crippen molar-refractivity contribution < 1.29 is 3.07 Å². The standard InChI is InChI=1S/C16H31IN2O/c1-12(2)18-7-5-14(6-8-18)11-19(13(3)4)15-9-16(10-15)20-17/h12-16H,5-11H2,1-4H3. The Morgan fingerprint density at radius 1 is 1.15 bits per heavy atom. The summed E-state index contributed by atoms with van der Waals surface area (Å²) in [5.41, 5.74) is 0. The van der Waals surface area contributed by atoms with Gasteiger partial charge in [-0.2, -0.15) is 0 Å². The quantitative estimate of drug-likeness (QED) is 0.639. The van der Waals surface area contributed by atoms with E-state index in [1.165, 1.54) is 45.3 Å². The van der Waals surface area contributed by atoms with E-state index >= 15 is 0 Å². The summed E-state index contributed by atoms with van der Waals surface area (Å²) in [6, 6.07) is 2.14. The molecule has 1 saturated heterocycles. The predicted molar refractivity (Wildman–Crippen MR) is 93.2 cm³/mol. The summed E-state index contributed by atoms with van der Waals surface area (Å²) >= 11 is 2.06. The van der Waals surface area contributed by atoms with Crippen LogP contribution in [0.25, 0.3) is 0 Å². The second kappa shape index (κ2) is 7.75. The molecule has 0 bridgehead atoms. The highest BCUT2D eigenvalue weighted by Gasteiger charge is 2.36. The van der Waals surface area contributed by atoms with Gasteiger partial charge in [-0.15, -0.1) is 0 Å². The lowest BCUT2D eigenvalue weighted by atomic mass is 9.85. The summed E-state index contributed by atoms with van der Waals surface area (Å²) in [4.78, 5) is 5.36. The van der Waals surface area contributed by atoms with Gasteiger partial charge in [-0.1, -0.05) is 0 Å². The largest absolute Gasteiger partial charge is 0.312 e. The van der Waals surface area contributed by atoms with Gasteiger partial charge in [0.2, 0.25) is 0 Å². The first-order valence-corrected chi connectivity index (χ1v) is 9.16. The lowest BCUT2D eigenvalue weighted by Gasteiger charge is -2.46. The molecule has 1 aliphatic heterocycles. The molecule has 2 rings (SSSR count). The fourth-order valence-electron chi connectivity index (χ4n) is 3.61. The van der Waals surface area contributed by atoms with Crippen molar-refractivity contribution in [3.63, 3.8) is 0 Å². The van der Waals surface area contributed by atoms with Gasteiger partial charge in [0, 0.05) is 24.7 Å². The monoisotopic (exact) mass is 394 g/mol. The maximum absolute atomic E-state index is 5.41. The van der Waals surface area contributed by atoms with Crippen LogP contribution in [0.1, 0.15) is 53.4 Å². The number of halogens is 1.